The Labute approximate surface area is 110 Å². The molecule has 0 aliphatic heterocycles. The van der Waals surface area contributed by atoms with Crippen molar-refractivity contribution in [3.63, 3.8) is 0 Å². The summed E-state index contributed by atoms with van der Waals surface area (Å²) in [5.74, 6) is 0. The zero-order chi connectivity index (χ0) is 13.0. The van der Waals surface area contributed by atoms with Gasteiger partial charge in [-0.2, -0.15) is 0 Å². The maximum Gasteiger partial charge on any atom is 0.251 e. The molecular weight excluding hydrogens is 246 g/mol. The van der Waals surface area contributed by atoms with Crippen molar-refractivity contribution in [2.45, 2.75) is 23.5 Å². The van der Waals surface area contributed by atoms with Crippen molar-refractivity contribution in [1.29, 1.82) is 0 Å². The Morgan fingerprint density at radius 1 is 1.39 bits per heavy atom. The molecule has 0 bridgehead atoms. The molecule has 1 aromatic carbocycles. The molecule has 1 heterocycles. The molecule has 0 fully saturated rings. The lowest BCUT2D eigenvalue weighted by molar-refractivity contribution is 0.801. The van der Waals surface area contributed by atoms with Crippen molar-refractivity contribution in [1.82, 2.24) is 15.3 Å². The number of hydrogen-bond acceptors (Lipinski definition) is 4. The van der Waals surface area contributed by atoms with Crippen LogP contribution >= 0.6 is 11.8 Å². The third-order valence-corrected chi connectivity index (χ3v) is 3.46. The summed E-state index contributed by atoms with van der Waals surface area (Å²) in [6.07, 6.45) is 1.52. The van der Waals surface area contributed by atoms with Crippen LogP contribution in [0.1, 0.15) is 11.1 Å². The van der Waals surface area contributed by atoms with Gasteiger partial charge in [-0.3, -0.25) is 4.79 Å². The highest BCUT2D eigenvalue weighted by atomic mass is 32.2. The molecule has 2 rings (SSSR count). The van der Waals surface area contributed by atoms with Crippen molar-refractivity contribution < 1.29 is 0 Å². The molecular formula is C13H15N3OS. The fourth-order valence-corrected chi connectivity index (χ4v) is 2.52. The number of nitrogens with one attached hydrogen (secondary N) is 2. The highest BCUT2D eigenvalue weighted by Crippen LogP contribution is 2.27. The standard InChI is InChI=1S/C13H15N3OS/c1-9-3-4-11(10(7-9)8-14-2)18-13-15-6-5-12(17)16-13/h3-7,14H,8H2,1-2H3,(H,15,16,17). The predicted octanol–water partition coefficient (Wildman–Crippen LogP) is 1.95. The second kappa shape index (κ2) is 5.84. The van der Waals surface area contributed by atoms with Crippen molar-refractivity contribution in [3.8, 4) is 0 Å². The Bertz CT molecular complexity index is 595. The van der Waals surface area contributed by atoms with Crippen LogP contribution in [0.4, 0.5) is 0 Å². The third-order valence-electron chi connectivity index (χ3n) is 2.44. The molecule has 0 saturated heterocycles. The summed E-state index contributed by atoms with van der Waals surface area (Å²) in [5, 5.41) is 3.76. The van der Waals surface area contributed by atoms with E-state index in [2.05, 4.69) is 40.4 Å². The number of aromatic amines is 1. The van der Waals surface area contributed by atoms with Gasteiger partial charge in [0.15, 0.2) is 5.16 Å². The first-order valence-corrected chi connectivity index (χ1v) is 6.48. The van der Waals surface area contributed by atoms with E-state index < -0.39 is 0 Å². The van der Waals surface area contributed by atoms with Crippen LogP contribution in [0.3, 0.4) is 0 Å². The summed E-state index contributed by atoms with van der Waals surface area (Å²) in [7, 11) is 1.92. The summed E-state index contributed by atoms with van der Waals surface area (Å²) in [5.41, 5.74) is 2.29. The number of hydrogen-bond donors (Lipinski definition) is 2. The molecule has 0 aliphatic carbocycles. The molecule has 0 aliphatic rings. The van der Waals surface area contributed by atoms with Crippen molar-refractivity contribution >= 4 is 11.8 Å². The van der Waals surface area contributed by atoms with Crippen LogP contribution in [0.2, 0.25) is 0 Å². The molecule has 18 heavy (non-hydrogen) atoms. The van der Waals surface area contributed by atoms with Gasteiger partial charge < -0.3 is 10.3 Å². The molecule has 5 heteroatoms. The van der Waals surface area contributed by atoms with Crippen LogP contribution < -0.4 is 10.9 Å². The monoisotopic (exact) mass is 261 g/mol. The maximum absolute atomic E-state index is 11.2. The average molecular weight is 261 g/mol. The van der Waals surface area contributed by atoms with Gasteiger partial charge in [-0.15, -0.1) is 0 Å². The molecule has 0 radical (unpaired) electrons. The van der Waals surface area contributed by atoms with Crippen LogP contribution in [0, 0.1) is 6.92 Å². The Kier molecular flexibility index (Phi) is 4.17. The van der Waals surface area contributed by atoms with Gasteiger partial charge in [0.05, 0.1) is 0 Å². The van der Waals surface area contributed by atoms with E-state index in [1.807, 2.05) is 7.05 Å². The molecule has 4 nitrogen and oxygen atoms in total. The summed E-state index contributed by atoms with van der Waals surface area (Å²) in [4.78, 5) is 19.2. The minimum atomic E-state index is -0.130. The topological polar surface area (TPSA) is 57.8 Å². The van der Waals surface area contributed by atoms with Crippen molar-refractivity contribution in [3.05, 3.63) is 51.9 Å². The van der Waals surface area contributed by atoms with Crippen LogP contribution in [-0.2, 0) is 6.54 Å². The lowest BCUT2D eigenvalue weighted by Crippen LogP contribution is -2.08. The van der Waals surface area contributed by atoms with Crippen molar-refractivity contribution in [2.24, 2.45) is 0 Å². The average Bonchev–Trinajstić information content (AvgIpc) is 2.33. The van der Waals surface area contributed by atoms with Gasteiger partial charge >= 0.3 is 0 Å². The SMILES string of the molecule is CNCc1cc(C)ccc1Sc1nccc(=O)[nH]1. The zero-order valence-electron chi connectivity index (χ0n) is 10.4. The number of aryl methyl sites for hydroxylation is 1. The predicted molar refractivity (Wildman–Crippen MR) is 72.9 cm³/mol. The van der Waals surface area contributed by atoms with Gasteiger partial charge in [-0.1, -0.05) is 29.5 Å². The highest BCUT2D eigenvalue weighted by molar-refractivity contribution is 7.99. The molecule has 94 valence electrons. The Hall–Kier alpha value is -1.59. The van der Waals surface area contributed by atoms with E-state index in [4.69, 9.17) is 0 Å². The number of nitrogens with zero attached hydrogens (tertiary/aromatic N) is 1. The van der Waals surface area contributed by atoms with Gasteiger partial charge in [0.25, 0.3) is 5.56 Å². The van der Waals surface area contributed by atoms with E-state index in [0.717, 1.165) is 11.4 Å². The summed E-state index contributed by atoms with van der Waals surface area (Å²) < 4.78 is 0. The lowest BCUT2D eigenvalue weighted by atomic mass is 10.1. The number of rotatable bonds is 4. The zero-order valence-corrected chi connectivity index (χ0v) is 11.2. The van der Waals surface area contributed by atoms with Crippen LogP contribution in [0.25, 0.3) is 0 Å². The minimum absolute atomic E-state index is 0.130. The van der Waals surface area contributed by atoms with Crippen molar-refractivity contribution in [2.75, 3.05) is 7.05 Å². The molecule has 0 amide bonds. The summed E-state index contributed by atoms with van der Waals surface area (Å²) in [6, 6.07) is 7.66. The van der Waals surface area contributed by atoms with Crippen LogP contribution in [0.5, 0.6) is 0 Å². The molecule has 2 N–H and O–H groups in total. The van der Waals surface area contributed by atoms with E-state index in [1.165, 1.54) is 35.2 Å². The highest BCUT2D eigenvalue weighted by Gasteiger charge is 2.05. The molecule has 0 unspecified atom stereocenters. The second-order valence-electron chi connectivity index (χ2n) is 3.98. The van der Waals surface area contributed by atoms with Crippen LogP contribution in [-0.4, -0.2) is 17.0 Å². The molecule has 0 saturated carbocycles. The normalized spacial score (nSPS) is 10.6. The second-order valence-corrected chi connectivity index (χ2v) is 5.01. The van der Waals surface area contributed by atoms with Gasteiger partial charge in [0, 0.05) is 23.7 Å². The molecule has 1 aromatic heterocycles. The molecule has 0 atom stereocenters. The Morgan fingerprint density at radius 3 is 2.94 bits per heavy atom. The summed E-state index contributed by atoms with van der Waals surface area (Å²) >= 11 is 1.47. The van der Waals surface area contributed by atoms with E-state index in [9.17, 15) is 4.79 Å². The first-order valence-electron chi connectivity index (χ1n) is 5.66. The minimum Gasteiger partial charge on any atom is -0.316 e. The third kappa shape index (κ3) is 3.21. The van der Waals surface area contributed by atoms with Gasteiger partial charge in [-0.25, -0.2) is 4.98 Å². The molecule has 2 aromatic rings. The van der Waals surface area contributed by atoms with Gasteiger partial charge in [0.2, 0.25) is 0 Å². The van der Waals surface area contributed by atoms with E-state index >= 15 is 0 Å². The Balaban J connectivity index is 2.30. The fourth-order valence-electron chi connectivity index (χ4n) is 1.64. The van der Waals surface area contributed by atoms with Gasteiger partial charge in [0.1, 0.15) is 0 Å². The van der Waals surface area contributed by atoms with E-state index in [1.54, 1.807) is 0 Å². The smallest absolute Gasteiger partial charge is 0.251 e. The van der Waals surface area contributed by atoms with Gasteiger partial charge in [-0.05, 0) is 25.6 Å². The maximum atomic E-state index is 11.2. The number of benzene rings is 1. The van der Waals surface area contributed by atoms with E-state index in [-0.39, 0.29) is 5.56 Å². The van der Waals surface area contributed by atoms with E-state index in [0.29, 0.717) is 5.16 Å². The lowest BCUT2D eigenvalue weighted by Gasteiger charge is -2.09. The number of aromatic nitrogens is 2. The number of H-pyrrole nitrogens is 1. The summed E-state index contributed by atoms with van der Waals surface area (Å²) in [6.45, 7) is 2.86. The largest absolute Gasteiger partial charge is 0.316 e. The first kappa shape index (κ1) is 12.9. The fraction of sp³-hybridized carbons (Fsp3) is 0.231. The quantitative estimate of drug-likeness (QED) is 0.826. The first-order chi connectivity index (χ1) is 8.69. The van der Waals surface area contributed by atoms with Crippen LogP contribution in [0.15, 0.2) is 45.3 Å². The Morgan fingerprint density at radius 2 is 2.22 bits per heavy atom. The molecule has 0 spiro atoms.